The van der Waals surface area contributed by atoms with Crippen LogP contribution in [-0.4, -0.2) is 52.3 Å². The zero-order valence-corrected chi connectivity index (χ0v) is 17.5. The Morgan fingerprint density at radius 1 is 1.35 bits per heavy atom. The molecule has 1 aromatic carbocycles. The summed E-state index contributed by atoms with van der Waals surface area (Å²) < 4.78 is 58.1. The van der Waals surface area contributed by atoms with Crippen molar-refractivity contribution in [1.29, 1.82) is 0 Å². The van der Waals surface area contributed by atoms with E-state index in [4.69, 9.17) is 4.74 Å². The van der Waals surface area contributed by atoms with Gasteiger partial charge >= 0.3 is 0 Å². The van der Waals surface area contributed by atoms with E-state index < -0.39 is 22.4 Å². The summed E-state index contributed by atoms with van der Waals surface area (Å²) in [7, 11) is -3.61. The van der Waals surface area contributed by atoms with E-state index in [9.17, 15) is 22.0 Å². The Kier molecular flexibility index (Phi) is 5.75. The summed E-state index contributed by atoms with van der Waals surface area (Å²) in [5.74, 6) is -0.613. The van der Waals surface area contributed by atoms with Crippen molar-refractivity contribution in [1.82, 2.24) is 19.0 Å². The molecule has 166 valence electrons. The van der Waals surface area contributed by atoms with Crippen LogP contribution in [0.1, 0.15) is 41.7 Å². The molecule has 2 aromatic heterocycles. The fourth-order valence-electron chi connectivity index (χ4n) is 3.61. The van der Waals surface area contributed by atoms with Gasteiger partial charge in [-0.2, -0.15) is 14.3 Å². The molecule has 0 bridgehead atoms. The first kappa shape index (κ1) is 21.4. The predicted octanol–water partition coefficient (Wildman–Crippen LogP) is 2.80. The lowest BCUT2D eigenvalue weighted by Crippen LogP contribution is -2.27. The van der Waals surface area contributed by atoms with Crippen molar-refractivity contribution in [2.45, 2.75) is 38.3 Å². The van der Waals surface area contributed by atoms with Crippen molar-refractivity contribution < 1.29 is 26.7 Å². The van der Waals surface area contributed by atoms with Gasteiger partial charge in [-0.3, -0.25) is 9.48 Å². The number of rotatable bonds is 6. The van der Waals surface area contributed by atoms with E-state index in [0.717, 1.165) is 35.8 Å². The number of carbonyl (C=O) groups excluding carboxylic acids is 1. The smallest absolute Gasteiger partial charge is 0.274 e. The van der Waals surface area contributed by atoms with E-state index in [1.165, 1.54) is 23.0 Å². The van der Waals surface area contributed by atoms with E-state index in [1.54, 1.807) is 6.07 Å². The normalized spacial score (nSPS) is 17.4. The monoisotopic (exact) mass is 453 g/mol. The number of amides is 1. The summed E-state index contributed by atoms with van der Waals surface area (Å²) in [6, 6.07) is 4.28. The van der Waals surface area contributed by atoms with Crippen LogP contribution in [0.5, 0.6) is 0 Å². The summed E-state index contributed by atoms with van der Waals surface area (Å²) in [4.78, 5) is 13.1. The summed E-state index contributed by atoms with van der Waals surface area (Å²) in [6.45, 7) is 0.836. The lowest BCUT2D eigenvalue weighted by Gasteiger charge is -2.23. The molecular weight excluding hydrogens is 432 g/mol. The fraction of sp³-hybridized carbons (Fsp3) is 0.421. The number of benzene rings is 1. The molecule has 12 heteroatoms. The number of alkyl halides is 2. The molecule has 0 radical (unpaired) electrons. The molecule has 1 saturated heterocycles. The Hall–Kier alpha value is -2.86. The largest absolute Gasteiger partial charge is 0.376 e. The van der Waals surface area contributed by atoms with Gasteiger partial charge in [0.15, 0.2) is 0 Å². The van der Waals surface area contributed by atoms with Crippen LogP contribution in [0.15, 0.2) is 30.6 Å². The number of hydrogen-bond acceptors (Lipinski definition) is 6. The maximum atomic E-state index is 13.5. The Balaban J connectivity index is 1.73. The summed E-state index contributed by atoms with van der Waals surface area (Å²) >= 11 is 0. The molecule has 3 aromatic rings. The molecule has 3 heterocycles. The number of aromatic nitrogens is 4. The van der Waals surface area contributed by atoms with Gasteiger partial charge in [0.05, 0.1) is 37.0 Å². The third-order valence-corrected chi connectivity index (χ3v) is 5.94. The quantitative estimate of drug-likeness (QED) is 0.615. The molecule has 0 saturated carbocycles. The molecule has 9 nitrogen and oxygen atoms in total. The van der Waals surface area contributed by atoms with E-state index in [-0.39, 0.29) is 40.5 Å². The minimum atomic E-state index is -3.61. The highest BCUT2D eigenvalue weighted by atomic mass is 32.2. The lowest BCUT2D eigenvalue weighted by molar-refractivity contribution is 0.00378. The maximum Gasteiger partial charge on any atom is 0.274 e. The number of halogens is 2. The van der Waals surface area contributed by atoms with Gasteiger partial charge in [-0.05, 0) is 19.3 Å². The maximum absolute atomic E-state index is 13.5. The fourth-order valence-corrected chi connectivity index (χ4v) is 4.13. The number of ether oxygens (including phenoxy) is 1. The summed E-state index contributed by atoms with van der Waals surface area (Å²) in [5, 5.41) is 10.9. The number of hydrogen-bond donors (Lipinski definition) is 1. The minimum absolute atomic E-state index is 0.0466. The van der Waals surface area contributed by atoms with Gasteiger partial charge in [-0.1, -0.05) is 18.2 Å². The SMILES string of the molecule is CS(=O)(=O)n1cc(NC(=O)c2c3cccc(C(F)F)c3nn2CC2CCCCO2)cn1. The minimum Gasteiger partial charge on any atom is -0.376 e. The van der Waals surface area contributed by atoms with Crippen LogP contribution in [0.3, 0.4) is 0 Å². The van der Waals surface area contributed by atoms with Crippen molar-refractivity contribution in [3.05, 3.63) is 41.9 Å². The molecule has 1 fully saturated rings. The van der Waals surface area contributed by atoms with Gasteiger partial charge in [0.25, 0.3) is 22.4 Å². The molecule has 1 amide bonds. The van der Waals surface area contributed by atoms with Crippen LogP contribution < -0.4 is 5.32 Å². The second-order valence-electron chi connectivity index (χ2n) is 7.38. The zero-order valence-electron chi connectivity index (χ0n) is 16.7. The van der Waals surface area contributed by atoms with Crippen molar-refractivity contribution >= 4 is 32.5 Å². The Bertz CT molecular complexity index is 1220. The first-order chi connectivity index (χ1) is 14.7. The predicted molar refractivity (Wildman–Crippen MR) is 109 cm³/mol. The number of carbonyl (C=O) groups is 1. The van der Waals surface area contributed by atoms with Crippen molar-refractivity contribution in [3.63, 3.8) is 0 Å². The molecule has 1 unspecified atom stereocenters. The standard InChI is InChI=1S/C19H21F2N5O4S/c1-31(28,29)26-10-12(9-22-26)23-19(27)17-14-6-4-7-15(18(20)21)16(14)24-25(17)11-13-5-2-3-8-30-13/h4,6-7,9-10,13,18H,2-3,5,8,11H2,1H3,(H,23,27). The number of nitrogens with one attached hydrogen (secondary N) is 1. The van der Waals surface area contributed by atoms with E-state index >= 15 is 0 Å². The van der Waals surface area contributed by atoms with E-state index in [2.05, 4.69) is 15.5 Å². The first-order valence-corrected chi connectivity index (χ1v) is 11.5. The summed E-state index contributed by atoms with van der Waals surface area (Å²) in [6.07, 6.45) is 3.09. The average molecular weight is 453 g/mol. The number of fused-ring (bicyclic) bond motifs is 1. The zero-order chi connectivity index (χ0) is 22.2. The molecule has 1 atom stereocenters. The van der Waals surface area contributed by atoms with E-state index in [0.29, 0.717) is 6.61 Å². The van der Waals surface area contributed by atoms with Crippen LogP contribution >= 0.6 is 0 Å². The third kappa shape index (κ3) is 4.44. The third-order valence-electron chi connectivity index (χ3n) is 5.06. The highest BCUT2D eigenvalue weighted by Gasteiger charge is 2.26. The van der Waals surface area contributed by atoms with Crippen LogP contribution in [0.2, 0.25) is 0 Å². The molecule has 4 rings (SSSR count). The van der Waals surface area contributed by atoms with Gasteiger partial charge in [0, 0.05) is 17.6 Å². The topological polar surface area (TPSA) is 108 Å². The number of anilines is 1. The molecular formula is C19H21F2N5O4S. The van der Waals surface area contributed by atoms with Crippen LogP contribution in [-0.2, 0) is 21.3 Å². The van der Waals surface area contributed by atoms with Gasteiger partial charge in [0.2, 0.25) is 0 Å². The first-order valence-electron chi connectivity index (χ1n) is 9.70. The highest BCUT2D eigenvalue weighted by Crippen LogP contribution is 2.30. The number of nitrogens with zero attached hydrogens (tertiary/aromatic N) is 4. The second-order valence-corrected chi connectivity index (χ2v) is 9.22. The Morgan fingerprint density at radius 2 is 2.16 bits per heavy atom. The Labute approximate surface area is 177 Å². The average Bonchev–Trinajstić information content (AvgIpc) is 3.32. The molecule has 1 N–H and O–H groups in total. The van der Waals surface area contributed by atoms with Crippen molar-refractivity contribution in [2.75, 3.05) is 18.2 Å². The molecule has 31 heavy (non-hydrogen) atoms. The highest BCUT2D eigenvalue weighted by molar-refractivity contribution is 7.89. The second kappa shape index (κ2) is 8.35. The van der Waals surface area contributed by atoms with Gasteiger partial charge in [0.1, 0.15) is 11.2 Å². The van der Waals surface area contributed by atoms with Crippen molar-refractivity contribution in [2.24, 2.45) is 0 Å². The van der Waals surface area contributed by atoms with Gasteiger partial charge in [-0.15, -0.1) is 0 Å². The summed E-state index contributed by atoms with van der Waals surface area (Å²) in [5.41, 5.74) is 0.0269. The van der Waals surface area contributed by atoms with Gasteiger partial charge in [-0.25, -0.2) is 17.2 Å². The molecule has 0 aliphatic carbocycles. The molecule has 1 aliphatic rings. The molecule has 1 aliphatic heterocycles. The molecule has 0 spiro atoms. The van der Waals surface area contributed by atoms with Crippen molar-refractivity contribution in [3.8, 4) is 0 Å². The Morgan fingerprint density at radius 3 is 2.81 bits per heavy atom. The lowest BCUT2D eigenvalue weighted by atomic mass is 10.1. The van der Waals surface area contributed by atoms with Crippen LogP contribution in [0, 0.1) is 0 Å². The van der Waals surface area contributed by atoms with Crippen LogP contribution in [0.25, 0.3) is 10.9 Å². The van der Waals surface area contributed by atoms with Crippen LogP contribution in [0.4, 0.5) is 14.5 Å². The van der Waals surface area contributed by atoms with E-state index in [1.807, 2.05) is 0 Å². The van der Waals surface area contributed by atoms with Gasteiger partial charge < -0.3 is 10.1 Å².